The fourth-order valence-corrected chi connectivity index (χ4v) is 4.63. The minimum Gasteiger partial charge on any atom is -0.493 e. The predicted molar refractivity (Wildman–Crippen MR) is 130 cm³/mol. The van der Waals surface area contributed by atoms with Crippen LogP contribution >= 0.6 is 11.6 Å². The van der Waals surface area contributed by atoms with Crippen molar-refractivity contribution in [3.63, 3.8) is 0 Å². The van der Waals surface area contributed by atoms with Gasteiger partial charge in [-0.2, -0.15) is 0 Å². The molecule has 7 heteroatoms. The van der Waals surface area contributed by atoms with Crippen LogP contribution in [0, 0.1) is 6.92 Å². The number of Topliss-reactive ketones (excluding diaryl/α,β-unsaturated/α-hetero) is 1. The number of ether oxygens (including phenoxy) is 4. The number of para-hydroxylation sites is 1. The van der Waals surface area contributed by atoms with Gasteiger partial charge in [0.25, 0.3) is 0 Å². The van der Waals surface area contributed by atoms with Crippen molar-refractivity contribution in [3.05, 3.63) is 87.1 Å². The highest BCUT2D eigenvalue weighted by atomic mass is 35.5. The molecule has 2 aliphatic rings. The highest BCUT2D eigenvalue weighted by Crippen LogP contribution is 2.44. The van der Waals surface area contributed by atoms with Crippen LogP contribution in [-0.2, 0) is 13.1 Å². The lowest BCUT2D eigenvalue weighted by molar-refractivity contribution is 0.0877. The first-order chi connectivity index (χ1) is 16.5. The third-order valence-corrected chi connectivity index (χ3v) is 6.44. The zero-order valence-electron chi connectivity index (χ0n) is 19.2. The number of hydrogen-bond acceptors (Lipinski definition) is 6. The van der Waals surface area contributed by atoms with Crippen molar-refractivity contribution in [3.8, 4) is 23.0 Å². The van der Waals surface area contributed by atoms with E-state index in [1.807, 2.05) is 49.4 Å². The molecule has 0 aliphatic carbocycles. The Morgan fingerprint density at radius 1 is 1.09 bits per heavy atom. The highest BCUT2D eigenvalue weighted by molar-refractivity contribution is 6.31. The molecule has 0 saturated carbocycles. The SMILES string of the molecule is COc1cccc(/C=C2\Oc3c(cc4c(c3C)OCN(Cc3ccccc3Cl)C4)C2=O)c1OC. The van der Waals surface area contributed by atoms with Crippen molar-refractivity contribution in [2.45, 2.75) is 20.0 Å². The number of ketones is 1. The van der Waals surface area contributed by atoms with Crippen LogP contribution in [0.5, 0.6) is 23.0 Å². The Bertz CT molecular complexity index is 1320. The fourth-order valence-electron chi connectivity index (χ4n) is 4.43. The molecule has 0 unspecified atom stereocenters. The summed E-state index contributed by atoms with van der Waals surface area (Å²) in [6, 6.07) is 15.1. The number of hydrogen-bond donors (Lipinski definition) is 0. The number of rotatable bonds is 5. The quantitative estimate of drug-likeness (QED) is 0.444. The second kappa shape index (κ2) is 9.05. The van der Waals surface area contributed by atoms with E-state index < -0.39 is 0 Å². The minimum atomic E-state index is -0.172. The zero-order valence-corrected chi connectivity index (χ0v) is 19.9. The van der Waals surface area contributed by atoms with E-state index in [1.165, 1.54) is 0 Å². The number of halogens is 1. The summed E-state index contributed by atoms with van der Waals surface area (Å²) in [5, 5.41) is 0.727. The van der Waals surface area contributed by atoms with Crippen molar-refractivity contribution < 1.29 is 23.7 Å². The smallest absolute Gasteiger partial charge is 0.231 e. The van der Waals surface area contributed by atoms with E-state index in [-0.39, 0.29) is 11.5 Å². The lowest BCUT2D eigenvalue weighted by Gasteiger charge is -2.30. The van der Waals surface area contributed by atoms with Crippen molar-refractivity contribution in [1.82, 2.24) is 4.90 Å². The molecular weight excluding hydrogens is 454 g/mol. The van der Waals surface area contributed by atoms with Gasteiger partial charge in [0.2, 0.25) is 5.78 Å². The van der Waals surface area contributed by atoms with Gasteiger partial charge in [0.1, 0.15) is 18.2 Å². The molecule has 0 N–H and O–H groups in total. The Labute approximate surface area is 203 Å². The second-order valence-electron chi connectivity index (χ2n) is 8.24. The van der Waals surface area contributed by atoms with Crippen molar-refractivity contribution in [2.24, 2.45) is 0 Å². The van der Waals surface area contributed by atoms with Crippen LogP contribution in [0.2, 0.25) is 5.02 Å². The molecule has 0 bridgehead atoms. The molecule has 3 aromatic rings. The van der Waals surface area contributed by atoms with Crippen LogP contribution in [-0.4, -0.2) is 31.6 Å². The van der Waals surface area contributed by atoms with Gasteiger partial charge in [0, 0.05) is 34.8 Å². The average Bonchev–Trinajstić information content (AvgIpc) is 3.15. The molecule has 2 heterocycles. The Morgan fingerprint density at radius 2 is 1.91 bits per heavy atom. The van der Waals surface area contributed by atoms with Gasteiger partial charge in [-0.1, -0.05) is 41.9 Å². The van der Waals surface area contributed by atoms with Gasteiger partial charge in [-0.3, -0.25) is 9.69 Å². The molecule has 34 heavy (non-hydrogen) atoms. The molecule has 0 spiro atoms. The van der Waals surface area contributed by atoms with E-state index >= 15 is 0 Å². The Kier molecular flexibility index (Phi) is 5.94. The first-order valence-corrected chi connectivity index (χ1v) is 11.3. The van der Waals surface area contributed by atoms with E-state index in [0.29, 0.717) is 48.2 Å². The van der Waals surface area contributed by atoms with Crippen LogP contribution in [0.4, 0.5) is 0 Å². The van der Waals surface area contributed by atoms with E-state index in [9.17, 15) is 4.79 Å². The normalized spacial score (nSPS) is 16.0. The largest absolute Gasteiger partial charge is 0.493 e. The molecule has 0 atom stereocenters. The summed E-state index contributed by atoms with van der Waals surface area (Å²) >= 11 is 6.34. The molecule has 0 amide bonds. The first-order valence-electron chi connectivity index (χ1n) is 10.9. The van der Waals surface area contributed by atoms with Gasteiger partial charge in [0.15, 0.2) is 17.3 Å². The Balaban J connectivity index is 1.45. The number of benzene rings is 3. The maximum absolute atomic E-state index is 13.3. The number of carbonyl (C=O) groups excluding carboxylic acids is 1. The molecule has 0 radical (unpaired) electrons. The van der Waals surface area contributed by atoms with Gasteiger partial charge in [-0.15, -0.1) is 0 Å². The summed E-state index contributed by atoms with van der Waals surface area (Å²) in [7, 11) is 3.14. The lowest BCUT2D eigenvalue weighted by atomic mass is 9.99. The number of methoxy groups -OCH3 is 2. The minimum absolute atomic E-state index is 0.172. The van der Waals surface area contributed by atoms with Gasteiger partial charge in [0.05, 0.1) is 19.8 Å². The molecule has 174 valence electrons. The van der Waals surface area contributed by atoms with E-state index in [0.717, 1.165) is 27.5 Å². The standard InChI is InChI=1S/C27H24ClNO5/c1-16-25-19(14-29(15-33-25)13-18-7-4-5-9-21(18)28)11-20-24(30)23(34-26(16)20)12-17-8-6-10-22(31-2)27(17)32-3/h4-12H,13-15H2,1-3H3/b23-12-. The molecule has 6 nitrogen and oxygen atoms in total. The molecule has 3 aromatic carbocycles. The summed E-state index contributed by atoms with van der Waals surface area (Å²) in [5.74, 6) is 2.49. The molecule has 0 saturated heterocycles. The molecule has 2 aliphatic heterocycles. The maximum Gasteiger partial charge on any atom is 0.231 e. The molecule has 0 fully saturated rings. The number of fused-ring (bicyclic) bond motifs is 2. The first kappa shape index (κ1) is 22.3. The van der Waals surface area contributed by atoms with E-state index in [4.69, 9.17) is 30.5 Å². The van der Waals surface area contributed by atoms with Crippen LogP contribution in [0.15, 0.2) is 54.3 Å². The fraction of sp³-hybridized carbons (Fsp3) is 0.222. The average molecular weight is 478 g/mol. The summed E-state index contributed by atoms with van der Waals surface area (Å²) in [6.45, 7) is 3.64. The van der Waals surface area contributed by atoms with Crippen LogP contribution in [0.3, 0.4) is 0 Å². The maximum atomic E-state index is 13.3. The summed E-state index contributed by atoms with van der Waals surface area (Å²) < 4.78 is 23.0. The topological polar surface area (TPSA) is 57.2 Å². The number of allylic oxidation sites excluding steroid dienone is 1. The molecule has 0 aromatic heterocycles. The van der Waals surface area contributed by atoms with Crippen molar-refractivity contribution >= 4 is 23.5 Å². The summed E-state index contributed by atoms with van der Waals surface area (Å²) in [6.07, 6.45) is 1.69. The van der Waals surface area contributed by atoms with Crippen LogP contribution in [0.25, 0.3) is 6.08 Å². The third-order valence-electron chi connectivity index (χ3n) is 6.07. The molecular formula is C27H24ClNO5. The Morgan fingerprint density at radius 3 is 2.68 bits per heavy atom. The Hall–Kier alpha value is -3.48. The van der Waals surface area contributed by atoms with Gasteiger partial charge >= 0.3 is 0 Å². The number of carbonyl (C=O) groups is 1. The van der Waals surface area contributed by atoms with Gasteiger partial charge in [-0.25, -0.2) is 0 Å². The van der Waals surface area contributed by atoms with Gasteiger partial charge in [-0.05, 0) is 36.8 Å². The van der Waals surface area contributed by atoms with Crippen molar-refractivity contribution in [2.75, 3.05) is 21.0 Å². The predicted octanol–water partition coefficient (Wildman–Crippen LogP) is 5.63. The second-order valence-corrected chi connectivity index (χ2v) is 8.65. The highest BCUT2D eigenvalue weighted by Gasteiger charge is 2.34. The van der Waals surface area contributed by atoms with Crippen LogP contribution < -0.4 is 18.9 Å². The summed E-state index contributed by atoms with van der Waals surface area (Å²) in [4.78, 5) is 15.4. The van der Waals surface area contributed by atoms with Gasteiger partial charge < -0.3 is 18.9 Å². The zero-order chi connectivity index (χ0) is 23.8. The van der Waals surface area contributed by atoms with E-state index in [2.05, 4.69) is 4.90 Å². The summed E-state index contributed by atoms with van der Waals surface area (Å²) in [5.41, 5.74) is 4.03. The van der Waals surface area contributed by atoms with Crippen molar-refractivity contribution in [1.29, 1.82) is 0 Å². The number of nitrogens with zero attached hydrogens (tertiary/aromatic N) is 1. The lowest BCUT2D eigenvalue weighted by Crippen LogP contribution is -2.32. The molecule has 5 rings (SSSR count). The van der Waals surface area contributed by atoms with Crippen LogP contribution in [0.1, 0.15) is 32.6 Å². The third kappa shape index (κ3) is 3.89. The van der Waals surface area contributed by atoms with E-state index in [1.54, 1.807) is 26.4 Å². The monoisotopic (exact) mass is 477 g/mol.